The Balaban J connectivity index is 1.91. The first-order valence-corrected chi connectivity index (χ1v) is 6.53. The Morgan fingerprint density at radius 3 is 2.47 bits per heavy atom. The first-order valence-electron chi connectivity index (χ1n) is 6.53. The summed E-state index contributed by atoms with van der Waals surface area (Å²) in [7, 11) is 0. The third-order valence-corrected chi connectivity index (χ3v) is 3.50. The highest BCUT2D eigenvalue weighted by molar-refractivity contribution is 5.68. The predicted octanol–water partition coefficient (Wildman–Crippen LogP) is 2.01. The molecule has 2 rings (SSSR count). The summed E-state index contributed by atoms with van der Waals surface area (Å²) in [5.74, 6) is 0.881. The average Bonchev–Trinajstić information content (AvgIpc) is 2.99. The third kappa shape index (κ3) is 3.35. The zero-order valence-electron chi connectivity index (χ0n) is 11.0. The molecule has 1 heterocycles. The van der Waals surface area contributed by atoms with Crippen molar-refractivity contribution in [3.05, 3.63) is 0 Å². The fourth-order valence-corrected chi connectivity index (χ4v) is 2.45. The number of ether oxygens (including phenoxy) is 1. The number of piperidine rings is 1. The van der Waals surface area contributed by atoms with Gasteiger partial charge in [0.05, 0.1) is 6.10 Å². The smallest absolute Gasteiger partial charge is 0.410 e. The summed E-state index contributed by atoms with van der Waals surface area (Å²) in [6.07, 6.45) is 2.60. The van der Waals surface area contributed by atoms with Crippen LogP contribution in [0.2, 0.25) is 0 Å². The summed E-state index contributed by atoms with van der Waals surface area (Å²) in [4.78, 5) is 13.7. The Morgan fingerprint density at radius 1 is 1.29 bits per heavy atom. The van der Waals surface area contributed by atoms with Crippen LogP contribution in [-0.2, 0) is 4.74 Å². The van der Waals surface area contributed by atoms with Gasteiger partial charge in [0.1, 0.15) is 5.60 Å². The van der Waals surface area contributed by atoms with Crippen LogP contribution in [0.25, 0.3) is 0 Å². The summed E-state index contributed by atoms with van der Waals surface area (Å²) in [5.41, 5.74) is -0.442. The van der Waals surface area contributed by atoms with E-state index in [0.29, 0.717) is 25.4 Å². The monoisotopic (exact) mass is 241 g/mol. The molecule has 1 aliphatic heterocycles. The Kier molecular flexibility index (Phi) is 3.34. The molecule has 0 unspecified atom stereocenters. The second kappa shape index (κ2) is 4.48. The molecule has 1 saturated heterocycles. The van der Waals surface area contributed by atoms with Crippen molar-refractivity contribution < 1.29 is 14.6 Å². The Bertz CT molecular complexity index is 294. The summed E-state index contributed by atoms with van der Waals surface area (Å²) in [6, 6.07) is 0. The molecule has 4 heteroatoms. The maximum Gasteiger partial charge on any atom is 0.410 e. The second-order valence-electron chi connectivity index (χ2n) is 6.28. The molecular weight excluding hydrogens is 218 g/mol. The molecule has 1 saturated carbocycles. The molecule has 2 atom stereocenters. The zero-order chi connectivity index (χ0) is 12.6. The SMILES string of the molecule is CC(C)(C)OC(=O)N1CC[C@H](O)[C@@H](C2CC2)C1. The lowest BCUT2D eigenvalue weighted by Gasteiger charge is -2.37. The normalized spacial score (nSPS) is 30.2. The lowest BCUT2D eigenvalue weighted by Crippen LogP contribution is -2.48. The van der Waals surface area contributed by atoms with Crippen molar-refractivity contribution in [3.63, 3.8) is 0 Å². The molecule has 2 fully saturated rings. The van der Waals surface area contributed by atoms with E-state index in [4.69, 9.17) is 4.74 Å². The van der Waals surface area contributed by atoms with Crippen molar-refractivity contribution in [3.8, 4) is 0 Å². The lowest BCUT2D eigenvalue weighted by atomic mass is 9.90. The van der Waals surface area contributed by atoms with Gasteiger partial charge in [0.25, 0.3) is 0 Å². The van der Waals surface area contributed by atoms with Gasteiger partial charge in [-0.1, -0.05) is 0 Å². The van der Waals surface area contributed by atoms with Gasteiger partial charge in [0.15, 0.2) is 0 Å². The summed E-state index contributed by atoms with van der Waals surface area (Å²) in [6.45, 7) is 6.90. The van der Waals surface area contributed by atoms with E-state index in [1.165, 1.54) is 12.8 Å². The standard InChI is InChI=1S/C13H23NO3/c1-13(2,3)17-12(16)14-7-6-11(15)10(8-14)9-4-5-9/h9-11,15H,4-8H2,1-3H3/t10-,11+/m1/s1. The van der Waals surface area contributed by atoms with Crippen LogP contribution in [0.3, 0.4) is 0 Å². The zero-order valence-corrected chi connectivity index (χ0v) is 11.0. The highest BCUT2D eigenvalue weighted by atomic mass is 16.6. The number of likely N-dealkylation sites (tertiary alicyclic amines) is 1. The number of rotatable bonds is 1. The third-order valence-electron chi connectivity index (χ3n) is 3.50. The molecule has 98 valence electrons. The molecule has 0 aromatic heterocycles. The highest BCUT2D eigenvalue weighted by Gasteiger charge is 2.41. The van der Waals surface area contributed by atoms with Crippen molar-refractivity contribution in [2.24, 2.45) is 11.8 Å². The van der Waals surface area contributed by atoms with Gasteiger partial charge < -0.3 is 14.7 Å². The topological polar surface area (TPSA) is 49.8 Å². The van der Waals surface area contributed by atoms with E-state index in [9.17, 15) is 9.90 Å². The molecule has 1 aliphatic carbocycles. The second-order valence-corrected chi connectivity index (χ2v) is 6.28. The maximum absolute atomic E-state index is 11.9. The number of aliphatic hydroxyl groups excluding tert-OH is 1. The van der Waals surface area contributed by atoms with E-state index in [0.717, 1.165) is 0 Å². The number of amides is 1. The van der Waals surface area contributed by atoms with Crippen LogP contribution in [-0.4, -0.2) is 40.9 Å². The van der Waals surface area contributed by atoms with Gasteiger partial charge in [0.2, 0.25) is 0 Å². The van der Waals surface area contributed by atoms with Crippen molar-refractivity contribution in [2.75, 3.05) is 13.1 Å². The lowest BCUT2D eigenvalue weighted by molar-refractivity contribution is -0.0128. The van der Waals surface area contributed by atoms with Crippen LogP contribution in [0.5, 0.6) is 0 Å². The minimum absolute atomic E-state index is 0.235. The largest absolute Gasteiger partial charge is 0.444 e. The molecular formula is C13H23NO3. The van der Waals surface area contributed by atoms with Crippen LogP contribution in [0.4, 0.5) is 4.79 Å². The van der Waals surface area contributed by atoms with Crippen molar-refractivity contribution in [1.82, 2.24) is 4.90 Å². The van der Waals surface area contributed by atoms with Gasteiger partial charge >= 0.3 is 6.09 Å². The molecule has 17 heavy (non-hydrogen) atoms. The number of nitrogens with zero attached hydrogens (tertiary/aromatic N) is 1. The van der Waals surface area contributed by atoms with Crippen molar-refractivity contribution in [2.45, 2.75) is 51.7 Å². The van der Waals surface area contributed by atoms with Gasteiger partial charge in [-0.25, -0.2) is 4.79 Å². The van der Waals surface area contributed by atoms with E-state index in [2.05, 4.69) is 0 Å². The van der Waals surface area contributed by atoms with Gasteiger partial charge in [-0.3, -0.25) is 0 Å². The van der Waals surface area contributed by atoms with E-state index >= 15 is 0 Å². The van der Waals surface area contributed by atoms with Crippen molar-refractivity contribution in [1.29, 1.82) is 0 Å². The summed E-state index contributed by atoms with van der Waals surface area (Å²) >= 11 is 0. The van der Waals surface area contributed by atoms with Gasteiger partial charge in [-0.15, -0.1) is 0 Å². The quantitative estimate of drug-likeness (QED) is 0.764. The van der Waals surface area contributed by atoms with Gasteiger partial charge in [-0.2, -0.15) is 0 Å². The first kappa shape index (κ1) is 12.7. The van der Waals surface area contributed by atoms with Crippen LogP contribution >= 0.6 is 0 Å². The number of hydrogen-bond donors (Lipinski definition) is 1. The summed E-state index contributed by atoms with van der Waals surface area (Å²) < 4.78 is 5.37. The minimum atomic E-state index is -0.442. The van der Waals surface area contributed by atoms with Crippen molar-refractivity contribution >= 4 is 6.09 Å². The maximum atomic E-state index is 11.9. The number of carbonyl (C=O) groups excluding carboxylic acids is 1. The summed E-state index contributed by atoms with van der Waals surface area (Å²) in [5, 5.41) is 9.93. The number of hydrogen-bond acceptors (Lipinski definition) is 3. The Morgan fingerprint density at radius 2 is 1.94 bits per heavy atom. The molecule has 0 bridgehead atoms. The molecule has 0 aromatic carbocycles. The Hall–Kier alpha value is -0.770. The molecule has 0 spiro atoms. The first-order chi connectivity index (χ1) is 7.87. The van der Waals surface area contributed by atoms with Crippen LogP contribution in [0, 0.1) is 11.8 Å². The van der Waals surface area contributed by atoms with Gasteiger partial charge in [-0.05, 0) is 46.0 Å². The van der Waals surface area contributed by atoms with E-state index in [1.54, 1.807) is 4.90 Å². The van der Waals surface area contributed by atoms with E-state index < -0.39 is 5.60 Å². The molecule has 2 aliphatic rings. The molecule has 1 N–H and O–H groups in total. The Labute approximate surface area is 103 Å². The van der Waals surface area contributed by atoms with Crippen LogP contribution < -0.4 is 0 Å². The van der Waals surface area contributed by atoms with Crippen LogP contribution in [0.15, 0.2) is 0 Å². The molecule has 1 amide bonds. The predicted molar refractivity (Wildman–Crippen MR) is 64.6 cm³/mol. The fraction of sp³-hybridized carbons (Fsp3) is 0.923. The fourth-order valence-electron chi connectivity index (χ4n) is 2.45. The van der Waals surface area contributed by atoms with E-state index in [-0.39, 0.29) is 18.1 Å². The van der Waals surface area contributed by atoms with Crippen LogP contribution in [0.1, 0.15) is 40.0 Å². The molecule has 0 aromatic rings. The number of aliphatic hydroxyl groups is 1. The van der Waals surface area contributed by atoms with Gasteiger partial charge in [0, 0.05) is 19.0 Å². The van der Waals surface area contributed by atoms with E-state index in [1.807, 2.05) is 20.8 Å². The minimum Gasteiger partial charge on any atom is -0.444 e. The molecule has 0 radical (unpaired) electrons. The highest BCUT2D eigenvalue weighted by Crippen LogP contribution is 2.41. The average molecular weight is 241 g/mol. The molecule has 4 nitrogen and oxygen atoms in total. The number of carbonyl (C=O) groups is 1.